The first-order chi connectivity index (χ1) is 18.2. The van der Waals surface area contributed by atoms with Crippen LogP contribution in [0.4, 0.5) is 19.4 Å². The van der Waals surface area contributed by atoms with Crippen LogP contribution >= 0.6 is 0 Å². The molecule has 0 saturated heterocycles. The van der Waals surface area contributed by atoms with Crippen LogP contribution in [-0.4, -0.2) is 50.5 Å². The molecule has 0 aliphatic rings. The van der Waals surface area contributed by atoms with E-state index in [4.69, 9.17) is 9.84 Å². The van der Waals surface area contributed by atoms with Gasteiger partial charge in [0.1, 0.15) is 12.4 Å². The number of anilines is 1. The standard InChI is InChI=1S/C26H29F2N5O5/c1-17(34)33(29-15-19-10-6-12-21(27)25(19)28)20(11-7-13-24(35)36)16-38-26(37)30-23-14-22(31-32(23)2)18-8-4-3-5-9-18/h3-6,8-10,12,14,20,29H,7,11,13,15-16H2,1-2H3,(H,30,37)(H,35,36)/t20-/m0/s1. The van der Waals surface area contributed by atoms with Crippen molar-refractivity contribution in [3.63, 3.8) is 0 Å². The fraction of sp³-hybridized carbons (Fsp3) is 0.308. The Morgan fingerprint density at radius 2 is 1.87 bits per heavy atom. The number of carbonyl (C=O) groups excluding carboxylic acids is 2. The van der Waals surface area contributed by atoms with Gasteiger partial charge < -0.3 is 9.84 Å². The zero-order valence-corrected chi connectivity index (χ0v) is 21.0. The number of hydrogen-bond acceptors (Lipinski definition) is 6. The van der Waals surface area contributed by atoms with Gasteiger partial charge in [-0.2, -0.15) is 5.10 Å². The second-order valence-corrected chi connectivity index (χ2v) is 8.50. The van der Waals surface area contributed by atoms with E-state index in [1.807, 2.05) is 30.3 Å². The molecule has 0 fully saturated rings. The van der Waals surface area contributed by atoms with Crippen LogP contribution in [0.15, 0.2) is 54.6 Å². The van der Waals surface area contributed by atoms with Gasteiger partial charge in [-0.25, -0.2) is 19.0 Å². The highest BCUT2D eigenvalue weighted by atomic mass is 19.2. The number of ether oxygens (including phenoxy) is 1. The average Bonchev–Trinajstić information content (AvgIpc) is 3.24. The lowest BCUT2D eigenvalue weighted by atomic mass is 10.1. The van der Waals surface area contributed by atoms with Gasteiger partial charge in [-0.15, -0.1) is 0 Å². The second kappa shape index (κ2) is 13.3. The van der Waals surface area contributed by atoms with E-state index < -0.39 is 35.6 Å². The highest BCUT2D eigenvalue weighted by Gasteiger charge is 2.24. The SMILES string of the molecule is CC(=O)N(NCc1cccc(F)c1F)[C@@H](CCCC(=O)O)COC(=O)Nc1cc(-c2ccccc2)nn1C. The highest BCUT2D eigenvalue weighted by molar-refractivity contribution is 5.84. The molecule has 0 aliphatic carbocycles. The number of amides is 2. The van der Waals surface area contributed by atoms with Gasteiger partial charge in [-0.1, -0.05) is 42.5 Å². The van der Waals surface area contributed by atoms with Crippen LogP contribution in [0.2, 0.25) is 0 Å². The van der Waals surface area contributed by atoms with Gasteiger partial charge in [0.15, 0.2) is 11.6 Å². The van der Waals surface area contributed by atoms with Crippen LogP contribution in [0.1, 0.15) is 31.7 Å². The van der Waals surface area contributed by atoms with Crippen LogP contribution in [0.25, 0.3) is 11.3 Å². The number of hydrogen-bond donors (Lipinski definition) is 3. The van der Waals surface area contributed by atoms with Crippen LogP contribution in [0, 0.1) is 11.6 Å². The van der Waals surface area contributed by atoms with Gasteiger partial charge in [-0.3, -0.25) is 24.6 Å². The summed E-state index contributed by atoms with van der Waals surface area (Å²) in [5.74, 6) is -3.20. The molecule has 2 amide bonds. The zero-order chi connectivity index (χ0) is 27.7. The molecule has 2 aromatic carbocycles. The number of aliphatic carboxylic acids is 1. The summed E-state index contributed by atoms with van der Waals surface area (Å²) in [7, 11) is 1.66. The number of carboxylic acids is 1. The summed E-state index contributed by atoms with van der Waals surface area (Å²) in [6.07, 6.45) is -0.616. The van der Waals surface area contributed by atoms with E-state index in [9.17, 15) is 23.2 Å². The molecular formula is C26H29F2N5O5. The smallest absolute Gasteiger partial charge is 0.412 e. The van der Waals surface area contributed by atoms with Crippen molar-refractivity contribution in [2.45, 2.75) is 38.8 Å². The summed E-state index contributed by atoms with van der Waals surface area (Å²) in [6.45, 7) is 0.745. The Kier molecular flexibility index (Phi) is 9.88. The molecule has 10 nitrogen and oxygen atoms in total. The van der Waals surface area contributed by atoms with Crippen molar-refractivity contribution in [3.05, 3.63) is 71.8 Å². The molecule has 0 spiro atoms. The summed E-state index contributed by atoms with van der Waals surface area (Å²) in [5.41, 5.74) is 4.25. The fourth-order valence-corrected chi connectivity index (χ4v) is 3.78. The third kappa shape index (κ3) is 7.84. The summed E-state index contributed by atoms with van der Waals surface area (Å²) in [6, 6.07) is 14.0. The number of halogens is 2. The Balaban J connectivity index is 1.67. The first kappa shape index (κ1) is 28.3. The summed E-state index contributed by atoms with van der Waals surface area (Å²) in [5, 5.41) is 17.1. The Morgan fingerprint density at radius 3 is 2.55 bits per heavy atom. The quantitative estimate of drug-likeness (QED) is 0.302. The Hall–Kier alpha value is -4.32. The predicted octanol–water partition coefficient (Wildman–Crippen LogP) is 4.09. The third-order valence-electron chi connectivity index (χ3n) is 5.69. The number of aromatic nitrogens is 2. The average molecular weight is 530 g/mol. The monoisotopic (exact) mass is 529 g/mol. The molecule has 0 aliphatic heterocycles. The third-order valence-corrected chi connectivity index (χ3v) is 5.69. The molecule has 0 saturated carbocycles. The molecule has 0 unspecified atom stereocenters. The molecule has 0 radical (unpaired) electrons. The molecule has 3 rings (SSSR count). The van der Waals surface area contributed by atoms with Gasteiger partial charge in [-0.05, 0) is 18.9 Å². The molecule has 1 heterocycles. The lowest BCUT2D eigenvalue weighted by Crippen LogP contribution is -2.50. The van der Waals surface area contributed by atoms with E-state index in [1.165, 1.54) is 23.7 Å². The molecule has 38 heavy (non-hydrogen) atoms. The Morgan fingerprint density at radius 1 is 1.13 bits per heavy atom. The topological polar surface area (TPSA) is 126 Å². The van der Waals surface area contributed by atoms with Gasteiger partial charge in [0.2, 0.25) is 5.91 Å². The summed E-state index contributed by atoms with van der Waals surface area (Å²) in [4.78, 5) is 35.9. The number of benzene rings is 2. The zero-order valence-electron chi connectivity index (χ0n) is 21.0. The Bertz CT molecular complexity index is 1270. The van der Waals surface area contributed by atoms with Gasteiger partial charge in [0.25, 0.3) is 0 Å². The van der Waals surface area contributed by atoms with Gasteiger partial charge >= 0.3 is 12.1 Å². The van der Waals surface area contributed by atoms with Gasteiger partial charge in [0, 0.05) is 44.1 Å². The maximum absolute atomic E-state index is 14.1. The van der Waals surface area contributed by atoms with E-state index >= 15 is 0 Å². The summed E-state index contributed by atoms with van der Waals surface area (Å²) >= 11 is 0. The van der Waals surface area contributed by atoms with E-state index in [0.29, 0.717) is 11.5 Å². The van der Waals surface area contributed by atoms with Crippen molar-refractivity contribution in [1.29, 1.82) is 0 Å². The van der Waals surface area contributed by atoms with Gasteiger partial charge in [0.05, 0.1) is 11.7 Å². The molecule has 0 bridgehead atoms. The lowest BCUT2D eigenvalue weighted by molar-refractivity contribution is -0.137. The highest BCUT2D eigenvalue weighted by Crippen LogP contribution is 2.21. The van der Waals surface area contributed by atoms with E-state index in [2.05, 4.69) is 15.8 Å². The van der Waals surface area contributed by atoms with Crippen molar-refractivity contribution in [2.75, 3.05) is 11.9 Å². The van der Waals surface area contributed by atoms with E-state index in [1.54, 1.807) is 13.1 Å². The molecular weight excluding hydrogens is 500 g/mol. The number of aryl methyl sites for hydroxylation is 1. The first-order valence-electron chi connectivity index (χ1n) is 11.9. The molecule has 3 aromatic rings. The Labute approximate surface area is 218 Å². The van der Waals surface area contributed by atoms with E-state index in [0.717, 1.165) is 16.6 Å². The minimum absolute atomic E-state index is 0.00961. The number of hydrazine groups is 1. The van der Waals surface area contributed by atoms with Crippen molar-refractivity contribution in [2.24, 2.45) is 7.05 Å². The minimum Gasteiger partial charge on any atom is -0.481 e. The predicted molar refractivity (Wildman–Crippen MR) is 135 cm³/mol. The lowest BCUT2D eigenvalue weighted by Gasteiger charge is -2.31. The van der Waals surface area contributed by atoms with Crippen molar-refractivity contribution in [1.82, 2.24) is 20.2 Å². The van der Waals surface area contributed by atoms with Crippen LogP contribution in [-0.2, 0) is 27.9 Å². The maximum atomic E-state index is 14.1. The molecule has 1 atom stereocenters. The number of nitrogens with one attached hydrogen (secondary N) is 2. The first-order valence-corrected chi connectivity index (χ1v) is 11.9. The van der Waals surface area contributed by atoms with Crippen LogP contribution in [0.5, 0.6) is 0 Å². The summed E-state index contributed by atoms with van der Waals surface area (Å²) < 4.78 is 34.5. The number of rotatable bonds is 12. The van der Waals surface area contributed by atoms with Crippen molar-refractivity contribution >= 4 is 23.8 Å². The number of carbonyl (C=O) groups is 3. The minimum atomic E-state index is -1.05. The van der Waals surface area contributed by atoms with Crippen LogP contribution in [0.3, 0.4) is 0 Å². The maximum Gasteiger partial charge on any atom is 0.412 e. The second-order valence-electron chi connectivity index (χ2n) is 8.50. The molecule has 202 valence electrons. The number of nitrogens with zero attached hydrogens (tertiary/aromatic N) is 3. The van der Waals surface area contributed by atoms with Crippen molar-refractivity contribution in [3.8, 4) is 11.3 Å². The molecule has 1 aromatic heterocycles. The fourth-order valence-electron chi connectivity index (χ4n) is 3.78. The number of carboxylic acid groups (broad SMARTS) is 1. The van der Waals surface area contributed by atoms with Crippen LogP contribution < -0.4 is 10.7 Å². The molecule has 3 N–H and O–H groups in total. The normalized spacial score (nSPS) is 11.6. The molecule has 12 heteroatoms. The van der Waals surface area contributed by atoms with Crippen molar-refractivity contribution < 1.29 is 33.0 Å². The largest absolute Gasteiger partial charge is 0.481 e. The van der Waals surface area contributed by atoms with E-state index in [-0.39, 0.29) is 38.0 Å².